The summed E-state index contributed by atoms with van der Waals surface area (Å²) < 4.78 is 0. The first kappa shape index (κ1) is 30.1. The third-order valence-corrected chi connectivity index (χ3v) is 4.84. The molecule has 4 atom stereocenters. The van der Waals surface area contributed by atoms with E-state index in [-0.39, 0.29) is 25.3 Å². The van der Waals surface area contributed by atoms with E-state index in [1.54, 1.807) is 13.8 Å². The van der Waals surface area contributed by atoms with E-state index in [1.807, 2.05) is 6.92 Å². The van der Waals surface area contributed by atoms with Crippen LogP contribution in [-0.2, 0) is 19.2 Å². The fourth-order valence-electron chi connectivity index (χ4n) is 2.86. The van der Waals surface area contributed by atoms with Crippen LogP contribution in [0.4, 0.5) is 4.79 Å². The molecule has 5 amide bonds. The molecule has 0 spiro atoms. The third kappa shape index (κ3) is 12.0. The van der Waals surface area contributed by atoms with Crippen LogP contribution in [0.1, 0.15) is 52.9 Å². The standard InChI is InChI=1S/C20H38N6O7/c1-4-5-7-13(24-16(28)12(21)10-27)17(29)26-15(11(2)3)18(30)25-14(19(31)32)8-6-9-23-20(22)33/h11-15,27H,4-10,21H2,1-3H3,(H,24,28)(H,25,30)(H,26,29)(H,31,32)(H3,22,23,33)/t12-,13-,14-,15-/m0/s1. The van der Waals surface area contributed by atoms with E-state index in [1.165, 1.54) is 0 Å². The molecule has 0 radical (unpaired) electrons. The Kier molecular flexibility index (Phi) is 14.4. The van der Waals surface area contributed by atoms with Crippen molar-refractivity contribution in [3.05, 3.63) is 0 Å². The van der Waals surface area contributed by atoms with Crippen molar-refractivity contribution >= 4 is 29.7 Å². The first-order valence-electron chi connectivity index (χ1n) is 11.0. The lowest BCUT2D eigenvalue weighted by Crippen LogP contribution is -2.58. The number of nitrogens with two attached hydrogens (primary N) is 2. The van der Waals surface area contributed by atoms with E-state index in [0.29, 0.717) is 12.8 Å². The molecule has 0 aromatic rings. The normalized spacial score (nSPS) is 14.5. The molecule has 0 fully saturated rings. The highest BCUT2D eigenvalue weighted by Crippen LogP contribution is 2.08. The van der Waals surface area contributed by atoms with Gasteiger partial charge in [-0.1, -0.05) is 33.6 Å². The summed E-state index contributed by atoms with van der Waals surface area (Å²) in [6.07, 6.45) is 1.96. The summed E-state index contributed by atoms with van der Waals surface area (Å²) in [6.45, 7) is 4.83. The minimum absolute atomic E-state index is 0.0361. The van der Waals surface area contributed by atoms with E-state index >= 15 is 0 Å². The van der Waals surface area contributed by atoms with Gasteiger partial charge in [0.1, 0.15) is 24.2 Å². The van der Waals surface area contributed by atoms with E-state index in [0.717, 1.165) is 6.42 Å². The first-order chi connectivity index (χ1) is 15.4. The summed E-state index contributed by atoms with van der Waals surface area (Å²) >= 11 is 0. The zero-order valence-electron chi connectivity index (χ0n) is 19.4. The summed E-state index contributed by atoms with van der Waals surface area (Å²) in [5, 5.41) is 28.2. The van der Waals surface area contributed by atoms with Gasteiger partial charge in [-0.15, -0.1) is 0 Å². The van der Waals surface area contributed by atoms with Crippen molar-refractivity contribution in [2.75, 3.05) is 13.2 Å². The van der Waals surface area contributed by atoms with Gasteiger partial charge in [0.05, 0.1) is 6.61 Å². The minimum Gasteiger partial charge on any atom is -0.480 e. The summed E-state index contributed by atoms with van der Waals surface area (Å²) in [5.74, 6) is -3.66. The largest absolute Gasteiger partial charge is 0.480 e. The summed E-state index contributed by atoms with van der Waals surface area (Å²) in [6, 6.07) is -5.19. The fourth-order valence-corrected chi connectivity index (χ4v) is 2.86. The summed E-state index contributed by atoms with van der Waals surface area (Å²) in [5.41, 5.74) is 10.5. The number of urea groups is 1. The minimum atomic E-state index is -1.26. The molecule has 0 aromatic heterocycles. The first-order valence-corrected chi connectivity index (χ1v) is 11.0. The molecule has 0 aliphatic rings. The van der Waals surface area contributed by atoms with Gasteiger partial charge in [-0.25, -0.2) is 9.59 Å². The van der Waals surface area contributed by atoms with Gasteiger partial charge in [0.15, 0.2) is 0 Å². The molecule has 0 aromatic carbocycles. The molecule has 0 saturated carbocycles. The number of carbonyl (C=O) groups excluding carboxylic acids is 4. The van der Waals surface area contributed by atoms with Crippen LogP contribution >= 0.6 is 0 Å². The topological polar surface area (TPSA) is 226 Å². The molecule has 13 heteroatoms. The van der Waals surface area contributed by atoms with Crippen LogP contribution < -0.4 is 32.7 Å². The van der Waals surface area contributed by atoms with Crippen molar-refractivity contribution < 1.29 is 34.2 Å². The van der Waals surface area contributed by atoms with Crippen LogP contribution in [0.15, 0.2) is 0 Å². The lowest BCUT2D eigenvalue weighted by atomic mass is 10.0. The highest BCUT2D eigenvalue weighted by molar-refractivity contribution is 5.94. The SMILES string of the molecule is CCCC[C@H](NC(=O)[C@@H](N)CO)C(=O)N[C@H](C(=O)N[C@@H](CCCNC(N)=O)C(=O)O)C(C)C. The average molecular weight is 475 g/mol. The van der Waals surface area contributed by atoms with Crippen molar-refractivity contribution in [2.24, 2.45) is 17.4 Å². The zero-order valence-corrected chi connectivity index (χ0v) is 19.4. The molecule has 33 heavy (non-hydrogen) atoms. The fraction of sp³-hybridized carbons (Fsp3) is 0.750. The smallest absolute Gasteiger partial charge is 0.326 e. The molecule has 10 N–H and O–H groups in total. The summed E-state index contributed by atoms with van der Waals surface area (Å²) in [7, 11) is 0. The number of hydrogen-bond donors (Lipinski definition) is 8. The average Bonchev–Trinajstić information content (AvgIpc) is 2.75. The van der Waals surface area contributed by atoms with Crippen molar-refractivity contribution in [1.29, 1.82) is 0 Å². The van der Waals surface area contributed by atoms with Crippen LogP contribution in [0, 0.1) is 5.92 Å². The lowest BCUT2D eigenvalue weighted by molar-refractivity contribution is -0.142. The Hall–Kier alpha value is -2.93. The molecular weight excluding hydrogens is 436 g/mol. The van der Waals surface area contributed by atoms with Crippen LogP contribution in [0.25, 0.3) is 0 Å². The Morgan fingerprint density at radius 3 is 1.94 bits per heavy atom. The summed E-state index contributed by atoms with van der Waals surface area (Å²) in [4.78, 5) is 59.9. The second kappa shape index (κ2) is 15.8. The van der Waals surface area contributed by atoms with E-state index < -0.39 is 60.5 Å². The Bertz CT molecular complexity index is 673. The van der Waals surface area contributed by atoms with Crippen molar-refractivity contribution in [1.82, 2.24) is 21.3 Å². The molecule has 190 valence electrons. The Morgan fingerprint density at radius 1 is 0.879 bits per heavy atom. The van der Waals surface area contributed by atoms with Gasteiger partial charge >= 0.3 is 12.0 Å². The number of carbonyl (C=O) groups is 5. The second-order valence-corrected chi connectivity index (χ2v) is 8.06. The van der Waals surface area contributed by atoms with Gasteiger partial charge in [0.2, 0.25) is 17.7 Å². The molecule has 0 heterocycles. The Morgan fingerprint density at radius 2 is 1.45 bits per heavy atom. The third-order valence-electron chi connectivity index (χ3n) is 4.84. The van der Waals surface area contributed by atoms with E-state index in [9.17, 15) is 29.1 Å². The predicted octanol–water partition coefficient (Wildman–Crippen LogP) is -1.86. The Labute approximate surface area is 193 Å². The maximum absolute atomic E-state index is 12.8. The number of aliphatic hydroxyl groups is 1. The molecule has 0 unspecified atom stereocenters. The van der Waals surface area contributed by atoms with E-state index in [4.69, 9.17) is 16.6 Å². The van der Waals surface area contributed by atoms with Gasteiger partial charge < -0.3 is 42.9 Å². The molecule has 0 saturated heterocycles. The highest BCUT2D eigenvalue weighted by atomic mass is 16.4. The van der Waals surface area contributed by atoms with E-state index in [2.05, 4.69) is 21.3 Å². The number of hydrogen-bond acceptors (Lipinski definition) is 7. The number of carboxylic acids is 1. The number of primary amides is 1. The van der Waals surface area contributed by atoms with Crippen LogP contribution in [0.3, 0.4) is 0 Å². The molecule has 13 nitrogen and oxygen atoms in total. The lowest BCUT2D eigenvalue weighted by Gasteiger charge is -2.27. The molecule has 0 aliphatic carbocycles. The molecule has 0 bridgehead atoms. The second-order valence-electron chi connectivity index (χ2n) is 8.06. The quantitative estimate of drug-likeness (QED) is 0.118. The van der Waals surface area contributed by atoms with Crippen LogP contribution in [0.5, 0.6) is 0 Å². The van der Waals surface area contributed by atoms with Crippen LogP contribution in [0.2, 0.25) is 0 Å². The van der Waals surface area contributed by atoms with Gasteiger partial charge in [0.25, 0.3) is 0 Å². The van der Waals surface area contributed by atoms with Crippen molar-refractivity contribution in [3.63, 3.8) is 0 Å². The van der Waals surface area contributed by atoms with Gasteiger partial charge in [-0.05, 0) is 25.2 Å². The molecule has 0 rings (SSSR count). The number of nitrogens with one attached hydrogen (secondary N) is 4. The monoisotopic (exact) mass is 474 g/mol. The number of rotatable bonds is 16. The molecule has 0 aliphatic heterocycles. The van der Waals surface area contributed by atoms with Gasteiger partial charge in [-0.3, -0.25) is 14.4 Å². The number of unbranched alkanes of at least 4 members (excludes halogenated alkanes) is 1. The number of amides is 5. The van der Waals surface area contributed by atoms with Gasteiger partial charge in [0, 0.05) is 6.54 Å². The van der Waals surface area contributed by atoms with Crippen molar-refractivity contribution in [3.8, 4) is 0 Å². The number of carboxylic acid groups (broad SMARTS) is 1. The maximum atomic E-state index is 12.8. The van der Waals surface area contributed by atoms with Gasteiger partial charge in [-0.2, -0.15) is 0 Å². The Balaban J connectivity index is 5.24. The predicted molar refractivity (Wildman–Crippen MR) is 120 cm³/mol. The number of aliphatic carboxylic acids is 1. The maximum Gasteiger partial charge on any atom is 0.326 e. The van der Waals surface area contributed by atoms with Crippen molar-refractivity contribution in [2.45, 2.75) is 77.0 Å². The van der Waals surface area contributed by atoms with Crippen LogP contribution in [-0.4, -0.2) is 77.3 Å². The highest BCUT2D eigenvalue weighted by Gasteiger charge is 2.31. The molecular formula is C20H38N6O7. The zero-order chi connectivity index (χ0) is 25.6. The number of aliphatic hydroxyl groups excluding tert-OH is 1.